The van der Waals surface area contributed by atoms with Gasteiger partial charge in [-0.15, -0.1) is 26.3 Å². The fraction of sp³-hybridized carbons (Fsp3) is 0.500. The van der Waals surface area contributed by atoms with Crippen LogP contribution in [0.2, 0.25) is 0 Å². The SMILES string of the molecule is CC(C)(C)CC(C)(C)c1ccc(C(C)(C)CC(C)(C)C)c(OCCNC(=O)c2ccc3nn(-c4cc5ccsc5cc4OC(=O)OC(C)(C)C)nc3c2)c1. The van der Waals surface area contributed by atoms with Crippen LogP contribution in [0.25, 0.3) is 26.8 Å². The van der Waals surface area contributed by atoms with E-state index >= 15 is 0 Å². The van der Waals surface area contributed by atoms with Crippen molar-refractivity contribution in [3.05, 3.63) is 76.7 Å². The lowest BCUT2D eigenvalue weighted by Crippen LogP contribution is -2.30. The Morgan fingerprint density at radius 3 is 2.07 bits per heavy atom. The lowest BCUT2D eigenvalue weighted by Gasteiger charge is -2.36. The fourth-order valence-corrected chi connectivity index (χ4v) is 8.44. The van der Waals surface area contributed by atoms with E-state index in [4.69, 9.17) is 14.2 Å². The van der Waals surface area contributed by atoms with Gasteiger partial charge in [-0.05, 0) is 114 Å². The largest absolute Gasteiger partial charge is 0.514 e. The average molecular weight is 755 g/mol. The molecule has 1 amide bonds. The lowest BCUT2D eigenvalue weighted by atomic mass is 9.69. The summed E-state index contributed by atoms with van der Waals surface area (Å²) < 4.78 is 18.5. The lowest BCUT2D eigenvalue weighted by molar-refractivity contribution is 0.0206. The Hall–Kier alpha value is -4.44. The molecular formula is C44H58N4O5S. The first kappa shape index (κ1) is 40.7. The van der Waals surface area contributed by atoms with E-state index in [1.165, 1.54) is 27.3 Å². The van der Waals surface area contributed by atoms with E-state index in [1.54, 1.807) is 45.0 Å². The molecule has 9 nitrogen and oxygen atoms in total. The third-order valence-electron chi connectivity index (χ3n) is 9.06. The van der Waals surface area contributed by atoms with Crippen molar-refractivity contribution in [1.29, 1.82) is 0 Å². The van der Waals surface area contributed by atoms with Crippen molar-refractivity contribution in [2.75, 3.05) is 13.2 Å². The van der Waals surface area contributed by atoms with E-state index in [0.717, 1.165) is 28.7 Å². The Labute approximate surface area is 324 Å². The van der Waals surface area contributed by atoms with Crippen LogP contribution in [0.15, 0.2) is 60.0 Å². The van der Waals surface area contributed by atoms with Gasteiger partial charge in [0.25, 0.3) is 5.91 Å². The average Bonchev–Trinajstić information content (AvgIpc) is 3.65. The summed E-state index contributed by atoms with van der Waals surface area (Å²) in [5, 5.41) is 15.3. The first-order valence-electron chi connectivity index (χ1n) is 18.7. The molecule has 10 heteroatoms. The Bertz CT molecular complexity index is 2140. The number of thiophene rings is 1. The maximum absolute atomic E-state index is 13.4. The minimum Gasteiger partial charge on any atom is -0.491 e. The predicted octanol–water partition coefficient (Wildman–Crippen LogP) is 11.2. The molecule has 0 radical (unpaired) electrons. The molecule has 1 N–H and O–H groups in total. The Morgan fingerprint density at radius 1 is 0.741 bits per heavy atom. The number of ether oxygens (including phenoxy) is 3. The monoisotopic (exact) mass is 754 g/mol. The highest BCUT2D eigenvalue weighted by atomic mass is 32.1. The van der Waals surface area contributed by atoms with Crippen molar-refractivity contribution < 1.29 is 23.8 Å². The van der Waals surface area contributed by atoms with Gasteiger partial charge >= 0.3 is 6.16 Å². The molecule has 0 aliphatic heterocycles. The zero-order valence-corrected chi connectivity index (χ0v) is 35.2. The van der Waals surface area contributed by atoms with Crippen LogP contribution < -0.4 is 14.8 Å². The topological polar surface area (TPSA) is 105 Å². The number of carbonyl (C=O) groups is 2. The van der Waals surface area contributed by atoms with Crippen molar-refractivity contribution in [2.24, 2.45) is 10.8 Å². The molecule has 2 heterocycles. The van der Waals surface area contributed by atoms with Gasteiger partial charge < -0.3 is 19.5 Å². The molecule has 54 heavy (non-hydrogen) atoms. The van der Waals surface area contributed by atoms with Crippen LogP contribution in [0, 0.1) is 10.8 Å². The van der Waals surface area contributed by atoms with Gasteiger partial charge in [0, 0.05) is 16.3 Å². The van der Waals surface area contributed by atoms with E-state index in [9.17, 15) is 9.59 Å². The first-order chi connectivity index (χ1) is 24.9. The molecule has 290 valence electrons. The summed E-state index contributed by atoms with van der Waals surface area (Å²) in [4.78, 5) is 27.4. The molecule has 0 bridgehead atoms. The number of aromatic nitrogens is 3. The maximum Gasteiger partial charge on any atom is 0.514 e. The highest BCUT2D eigenvalue weighted by molar-refractivity contribution is 7.17. The molecule has 0 aliphatic carbocycles. The van der Waals surface area contributed by atoms with E-state index < -0.39 is 11.8 Å². The molecule has 0 aliphatic rings. The third-order valence-corrected chi connectivity index (χ3v) is 9.94. The van der Waals surface area contributed by atoms with E-state index in [2.05, 4.69) is 103 Å². The van der Waals surface area contributed by atoms with Gasteiger partial charge in [0.15, 0.2) is 5.75 Å². The second-order valence-corrected chi connectivity index (χ2v) is 20.0. The van der Waals surface area contributed by atoms with Gasteiger partial charge in [-0.2, -0.15) is 0 Å². The van der Waals surface area contributed by atoms with Crippen LogP contribution in [-0.2, 0) is 15.6 Å². The summed E-state index contributed by atoms with van der Waals surface area (Å²) in [5.41, 5.74) is 3.88. The van der Waals surface area contributed by atoms with Crippen LogP contribution in [0.3, 0.4) is 0 Å². The number of rotatable bonds is 11. The van der Waals surface area contributed by atoms with Crippen molar-refractivity contribution in [1.82, 2.24) is 20.3 Å². The van der Waals surface area contributed by atoms with Crippen LogP contribution in [0.5, 0.6) is 11.5 Å². The normalized spacial score (nSPS) is 13.0. The number of nitrogens with one attached hydrogen (secondary N) is 1. The minimum atomic E-state index is -0.818. The zero-order chi connectivity index (χ0) is 39.9. The second-order valence-electron chi connectivity index (χ2n) is 19.1. The summed E-state index contributed by atoms with van der Waals surface area (Å²) in [7, 11) is 0. The minimum absolute atomic E-state index is 0.0406. The Kier molecular flexibility index (Phi) is 11.3. The van der Waals surface area contributed by atoms with Crippen molar-refractivity contribution in [2.45, 2.75) is 119 Å². The van der Waals surface area contributed by atoms with Crippen molar-refractivity contribution in [3.63, 3.8) is 0 Å². The van der Waals surface area contributed by atoms with Gasteiger partial charge in [-0.1, -0.05) is 81.4 Å². The molecule has 0 spiro atoms. The fourth-order valence-electron chi connectivity index (χ4n) is 7.64. The number of benzene rings is 3. The number of carbonyl (C=O) groups excluding carboxylic acids is 2. The third kappa shape index (κ3) is 10.4. The Balaban J connectivity index is 1.32. The second kappa shape index (κ2) is 15.0. The predicted molar refractivity (Wildman–Crippen MR) is 220 cm³/mol. The number of hydrogen-bond acceptors (Lipinski definition) is 8. The first-order valence-corrected chi connectivity index (χ1v) is 19.6. The van der Waals surface area contributed by atoms with Crippen LogP contribution >= 0.6 is 11.3 Å². The van der Waals surface area contributed by atoms with E-state index in [0.29, 0.717) is 35.4 Å². The number of hydrogen-bond donors (Lipinski definition) is 1. The highest BCUT2D eigenvalue weighted by Gasteiger charge is 2.33. The highest BCUT2D eigenvalue weighted by Crippen LogP contribution is 2.44. The summed E-state index contributed by atoms with van der Waals surface area (Å²) in [5.74, 6) is 0.898. The van der Waals surface area contributed by atoms with Gasteiger partial charge in [0.1, 0.15) is 34.7 Å². The molecule has 2 aromatic heterocycles. The van der Waals surface area contributed by atoms with Crippen LogP contribution in [-0.4, -0.2) is 45.8 Å². The quantitative estimate of drug-likeness (QED) is 0.0813. The van der Waals surface area contributed by atoms with Crippen molar-refractivity contribution in [3.8, 4) is 17.2 Å². The van der Waals surface area contributed by atoms with Crippen LogP contribution in [0.1, 0.15) is 124 Å². The number of fused-ring (bicyclic) bond motifs is 2. The van der Waals surface area contributed by atoms with Crippen LogP contribution in [0.4, 0.5) is 4.79 Å². The van der Waals surface area contributed by atoms with E-state index in [-0.39, 0.29) is 33.3 Å². The molecule has 0 saturated carbocycles. The van der Waals surface area contributed by atoms with Gasteiger partial charge in [0.2, 0.25) is 0 Å². The molecule has 0 atom stereocenters. The zero-order valence-electron chi connectivity index (χ0n) is 34.4. The summed E-state index contributed by atoms with van der Waals surface area (Å²) in [6.07, 6.45) is 1.20. The molecule has 0 unspecified atom stereocenters. The molecule has 0 fully saturated rings. The number of nitrogens with zero attached hydrogens (tertiary/aromatic N) is 3. The van der Waals surface area contributed by atoms with Crippen molar-refractivity contribution >= 4 is 44.5 Å². The number of amides is 1. The smallest absolute Gasteiger partial charge is 0.491 e. The molecule has 3 aromatic carbocycles. The van der Waals surface area contributed by atoms with Gasteiger partial charge in [-0.25, -0.2) is 4.79 Å². The maximum atomic E-state index is 13.4. The molecule has 5 aromatic rings. The summed E-state index contributed by atoms with van der Waals surface area (Å²) in [6.45, 7) is 28.8. The molecular weight excluding hydrogens is 697 g/mol. The van der Waals surface area contributed by atoms with E-state index in [1.807, 2.05) is 17.5 Å². The summed E-state index contributed by atoms with van der Waals surface area (Å²) >= 11 is 1.53. The van der Waals surface area contributed by atoms with Gasteiger partial charge in [0.05, 0.1) is 6.54 Å². The molecule has 0 saturated heterocycles. The standard InChI is InChI=1S/C44H58N4O5S/c1-40(2,3)26-43(10,11)30-15-16-31(44(12,13)27-41(4,5)6)35(24-30)51-20-19-45-38(49)29-14-17-32-33(22-29)47-48(46-32)34-23-28-18-21-54-37(28)25-36(34)52-39(50)53-42(7,8)9/h14-18,21-25H,19-20,26-27H2,1-13H3,(H,45,49). The van der Waals surface area contributed by atoms with Gasteiger partial charge in [-0.3, -0.25) is 4.79 Å². The Morgan fingerprint density at radius 2 is 1.41 bits per heavy atom. The summed E-state index contributed by atoms with van der Waals surface area (Å²) in [6, 6.07) is 17.6. The molecule has 5 rings (SSSR count).